The average molecular weight is 352 g/mol. The van der Waals surface area contributed by atoms with Crippen molar-refractivity contribution in [3.8, 4) is 0 Å². The van der Waals surface area contributed by atoms with Crippen molar-refractivity contribution in [1.82, 2.24) is 18.7 Å². The SMILES string of the molecule is CC(=O)N1N=C(c2ccccc2)Cn2c1nc1c2c(=O)n(C)c(=O)n1C. The van der Waals surface area contributed by atoms with Gasteiger partial charge in [-0.05, 0) is 5.56 Å². The summed E-state index contributed by atoms with van der Waals surface area (Å²) in [6.07, 6.45) is 0. The lowest BCUT2D eigenvalue weighted by Crippen LogP contribution is -2.38. The van der Waals surface area contributed by atoms with Crippen LogP contribution < -0.4 is 16.3 Å². The first kappa shape index (κ1) is 16.0. The number of fused-ring (bicyclic) bond motifs is 3. The molecule has 0 fully saturated rings. The van der Waals surface area contributed by atoms with Crippen molar-refractivity contribution in [2.45, 2.75) is 13.5 Å². The molecule has 4 rings (SSSR count). The number of aromatic nitrogens is 4. The Morgan fingerprint density at radius 1 is 1.08 bits per heavy atom. The molecule has 26 heavy (non-hydrogen) atoms. The maximum Gasteiger partial charge on any atom is 0.332 e. The van der Waals surface area contributed by atoms with Gasteiger partial charge in [-0.3, -0.25) is 23.3 Å². The zero-order chi connectivity index (χ0) is 18.6. The highest BCUT2D eigenvalue weighted by Gasteiger charge is 2.29. The van der Waals surface area contributed by atoms with E-state index in [-0.39, 0.29) is 29.6 Å². The molecule has 3 aromatic rings. The van der Waals surface area contributed by atoms with Crippen LogP contribution >= 0.6 is 0 Å². The van der Waals surface area contributed by atoms with Gasteiger partial charge >= 0.3 is 5.69 Å². The summed E-state index contributed by atoms with van der Waals surface area (Å²) in [6.45, 7) is 1.64. The Morgan fingerprint density at radius 3 is 2.42 bits per heavy atom. The van der Waals surface area contributed by atoms with Crippen molar-refractivity contribution < 1.29 is 4.79 Å². The maximum atomic E-state index is 12.7. The van der Waals surface area contributed by atoms with Crippen LogP contribution in [0.15, 0.2) is 45.0 Å². The summed E-state index contributed by atoms with van der Waals surface area (Å²) in [4.78, 5) is 41.4. The second-order valence-electron chi connectivity index (χ2n) is 6.12. The Hall–Kier alpha value is -3.49. The molecule has 1 amide bonds. The van der Waals surface area contributed by atoms with Crippen molar-refractivity contribution in [2.75, 3.05) is 5.01 Å². The third kappa shape index (κ3) is 2.13. The highest BCUT2D eigenvalue weighted by atomic mass is 16.2. The van der Waals surface area contributed by atoms with Gasteiger partial charge in [0.05, 0.1) is 12.3 Å². The Bertz CT molecular complexity index is 1200. The summed E-state index contributed by atoms with van der Waals surface area (Å²) in [7, 11) is 2.96. The molecule has 0 spiro atoms. The van der Waals surface area contributed by atoms with Crippen molar-refractivity contribution in [3.63, 3.8) is 0 Å². The van der Waals surface area contributed by atoms with E-state index in [1.807, 2.05) is 30.3 Å². The first-order chi connectivity index (χ1) is 12.4. The molecule has 0 N–H and O–H groups in total. The molecule has 0 aliphatic carbocycles. The summed E-state index contributed by atoms with van der Waals surface area (Å²) >= 11 is 0. The second-order valence-corrected chi connectivity index (χ2v) is 6.12. The number of carbonyl (C=O) groups is 1. The molecule has 1 aliphatic heterocycles. The van der Waals surface area contributed by atoms with Gasteiger partial charge < -0.3 is 0 Å². The molecule has 0 unspecified atom stereocenters. The summed E-state index contributed by atoms with van der Waals surface area (Å²) < 4.78 is 3.96. The second kappa shape index (κ2) is 5.51. The van der Waals surface area contributed by atoms with Gasteiger partial charge in [0.15, 0.2) is 11.2 Å². The highest BCUT2D eigenvalue weighted by Crippen LogP contribution is 2.25. The Morgan fingerprint density at radius 2 is 1.77 bits per heavy atom. The van der Waals surface area contributed by atoms with Crippen LogP contribution in [0.5, 0.6) is 0 Å². The van der Waals surface area contributed by atoms with Crippen LogP contribution in [0.1, 0.15) is 12.5 Å². The molecule has 1 aromatic carbocycles. The van der Waals surface area contributed by atoms with Gasteiger partial charge in [-0.2, -0.15) is 15.1 Å². The minimum atomic E-state index is -0.475. The molecule has 1 aliphatic rings. The van der Waals surface area contributed by atoms with Crippen molar-refractivity contribution in [1.29, 1.82) is 0 Å². The summed E-state index contributed by atoms with van der Waals surface area (Å²) in [6, 6.07) is 9.41. The number of rotatable bonds is 1. The number of hydrogen-bond acceptors (Lipinski definition) is 5. The van der Waals surface area contributed by atoms with Gasteiger partial charge in [-0.1, -0.05) is 30.3 Å². The number of amides is 1. The number of carbonyl (C=O) groups excluding carboxylic acids is 1. The molecule has 2 aromatic heterocycles. The molecule has 0 saturated carbocycles. The van der Waals surface area contributed by atoms with E-state index >= 15 is 0 Å². The van der Waals surface area contributed by atoms with Gasteiger partial charge in [0.25, 0.3) is 5.56 Å². The Kier molecular flexibility index (Phi) is 3.39. The molecular formula is C17H16N6O3. The standard InChI is InChI=1S/C17H16N6O3/c1-10(24)23-16-18-14-13(15(25)21(3)17(26)20(14)2)22(16)9-12(19-23)11-7-5-4-6-8-11/h4-8H,9H2,1-3H3. The summed E-state index contributed by atoms with van der Waals surface area (Å²) in [5.74, 6) is -0.109. The summed E-state index contributed by atoms with van der Waals surface area (Å²) in [5, 5.41) is 5.58. The van der Waals surface area contributed by atoms with E-state index in [0.29, 0.717) is 5.71 Å². The zero-order valence-electron chi connectivity index (χ0n) is 14.5. The number of hydrogen-bond donors (Lipinski definition) is 0. The van der Waals surface area contributed by atoms with Gasteiger partial charge in [0, 0.05) is 21.0 Å². The smallest absolute Gasteiger partial charge is 0.296 e. The monoisotopic (exact) mass is 352 g/mol. The molecule has 0 radical (unpaired) electrons. The van der Waals surface area contributed by atoms with E-state index in [1.165, 1.54) is 18.5 Å². The fourth-order valence-corrected chi connectivity index (χ4v) is 3.08. The molecule has 3 heterocycles. The van der Waals surface area contributed by atoms with Crippen LogP contribution in [0.25, 0.3) is 11.2 Å². The predicted octanol–water partition coefficient (Wildman–Crippen LogP) is 0.204. The van der Waals surface area contributed by atoms with Crippen LogP contribution in [0.2, 0.25) is 0 Å². The number of imidazole rings is 1. The molecule has 9 nitrogen and oxygen atoms in total. The van der Waals surface area contributed by atoms with Crippen LogP contribution in [0, 0.1) is 0 Å². The Labute approximate surface area is 147 Å². The van der Waals surface area contributed by atoms with Gasteiger partial charge in [-0.25, -0.2) is 4.79 Å². The van der Waals surface area contributed by atoms with Crippen molar-refractivity contribution in [2.24, 2.45) is 19.2 Å². The van der Waals surface area contributed by atoms with Gasteiger partial charge in [-0.15, -0.1) is 0 Å². The summed E-state index contributed by atoms with van der Waals surface area (Å²) in [5.41, 5.74) is 1.02. The third-order valence-electron chi connectivity index (χ3n) is 4.45. The first-order valence-electron chi connectivity index (χ1n) is 8.00. The number of aryl methyl sites for hydroxylation is 1. The minimum absolute atomic E-state index is 0.226. The lowest BCUT2D eigenvalue weighted by Gasteiger charge is -2.23. The molecule has 9 heteroatoms. The van der Waals surface area contributed by atoms with E-state index in [4.69, 9.17) is 0 Å². The van der Waals surface area contributed by atoms with Gasteiger partial charge in [0.1, 0.15) is 0 Å². The van der Waals surface area contributed by atoms with Crippen LogP contribution in [0.3, 0.4) is 0 Å². The molecule has 132 valence electrons. The lowest BCUT2D eigenvalue weighted by atomic mass is 10.1. The number of hydrazone groups is 1. The highest BCUT2D eigenvalue weighted by molar-refractivity contribution is 6.05. The van der Waals surface area contributed by atoms with E-state index in [1.54, 1.807) is 11.6 Å². The van der Waals surface area contributed by atoms with E-state index < -0.39 is 11.2 Å². The predicted molar refractivity (Wildman–Crippen MR) is 96.4 cm³/mol. The number of anilines is 1. The molecule has 0 atom stereocenters. The van der Waals surface area contributed by atoms with Crippen molar-refractivity contribution in [3.05, 3.63) is 56.7 Å². The number of nitrogens with zero attached hydrogens (tertiary/aromatic N) is 6. The fraction of sp³-hybridized carbons (Fsp3) is 0.235. The Balaban J connectivity index is 2.04. The third-order valence-corrected chi connectivity index (χ3v) is 4.45. The quantitative estimate of drug-likeness (QED) is 0.625. The van der Waals surface area contributed by atoms with Gasteiger partial charge in [0.2, 0.25) is 11.9 Å². The minimum Gasteiger partial charge on any atom is -0.296 e. The zero-order valence-corrected chi connectivity index (χ0v) is 14.5. The topological polar surface area (TPSA) is 94.5 Å². The molecular weight excluding hydrogens is 336 g/mol. The largest absolute Gasteiger partial charge is 0.332 e. The normalized spacial score (nSPS) is 13.7. The average Bonchev–Trinajstić information content (AvgIpc) is 3.04. The maximum absolute atomic E-state index is 12.7. The fourth-order valence-electron chi connectivity index (χ4n) is 3.08. The van der Waals surface area contributed by atoms with E-state index in [2.05, 4.69) is 10.1 Å². The molecule has 0 saturated heterocycles. The van der Waals surface area contributed by atoms with Crippen LogP contribution in [-0.4, -0.2) is 30.3 Å². The lowest BCUT2D eigenvalue weighted by molar-refractivity contribution is -0.116. The van der Waals surface area contributed by atoms with Crippen LogP contribution in [-0.2, 0) is 25.4 Å². The van der Waals surface area contributed by atoms with Crippen LogP contribution in [0.4, 0.5) is 5.95 Å². The van der Waals surface area contributed by atoms with Crippen molar-refractivity contribution >= 4 is 28.7 Å². The first-order valence-corrected chi connectivity index (χ1v) is 8.00. The molecule has 0 bridgehead atoms. The number of benzene rings is 1. The van der Waals surface area contributed by atoms with E-state index in [0.717, 1.165) is 15.1 Å². The van der Waals surface area contributed by atoms with E-state index in [9.17, 15) is 14.4 Å².